The van der Waals surface area contributed by atoms with E-state index in [9.17, 15) is 9.59 Å². The molecule has 0 saturated carbocycles. The minimum absolute atomic E-state index is 0.0646. The lowest BCUT2D eigenvalue weighted by Crippen LogP contribution is -2.19. The van der Waals surface area contributed by atoms with E-state index in [1.165, 1.54) is 0 Å². The molecule has 0 aliphatic rings. The topological polar surface area (TPSA) is 46.2 Å². The van der Waals surface area contributed by atoms with Gasteiger partial charge in [-0.15, -0.1) is 0 Å². The first-order valence-electron chi connectivity index (χ1n) is 4.01. The molecule has 1 aromatic carbocycles. The third-order valence-corrected chi connectivity index (χ3v) is 1.73. The van der Waals surface area contributed by atoms with E-state index in [1.807, 2.05) is 0 Å². The molecule has 0 spiro atoms. The molecule has 3 heteroatoms. The van der Waals surface area contributed by atoms with Crippen molar-refractivity contribution in [2.75, 3.05) is 13.6 Å². The summed E-state index contributed by atoms with van der Waals surface area (Å²) >= 11 is 0. The molecule has 1 N–H and O–H groups in total. The molecule has 0 unspecified atom stereocenters. The molecular formula is C10H11NO2. The molecular weight excluding hydrogens is 166 g/mol. The summed E-state index contributed by atoms with van der Waals surface area (Å²) in [5.41, 5.74) is 0.926. The Morgan fingerprint density at radius 1 is 1.46 bits per heavy atom. The number of carbonyl (C=O) groups excluding carboxylic acids is 2. The van der Waals surface area contributed by atoms with Gasteiger partial charge in [0.2, 0.25) is 0 Å². The fourth-order valence-electron chi connectivity index (χ4n) is 1.11. The summed E-state index contributed by atoms with van der Waals surface area (Å²) in [4.78, 5) is 22.0. The molecule has 0 aromatic heterocycles. The highest BCUT2D eigenvalue weighted by molar-refractivity contribution is 6.03. The maximum absolute atomic E-state index is 11.4. The van der Waals surface area contributed by atoms with Gasteiger partial charge in [-0.2, -0.15) is 0 Å². The lowest BCUT2D eigenvalue weighted by atomic mass is 10.0. The van der Waals surface area contributed by atoms with Gasteiger partial charge >= 0.3 is 0 Å². The molecule has 1 rings (SSSR count). The standard InChI is InChI=1S/C10H11NO2/c1-11-6-10(13)9-5-3-2-4-8(9)7-12/h2-5,7,11H,6H2,1H3. The Bertz CT molecular complexity index is 320. The molecule has 68 valence electrons. The highest BCUT2D eigenvalue weighted by Crippen LogP contribution is 2.06. The molecule has 0 atom stereocenters. The van der Waals surface area contributed by atoms with Crippen molar-refractivity contribution in [3.8, 4) is 0 Å². The second-order valence-electron chi connectivity index (χ2n) is 2.66. The average molecular weight is 177 g/mol. The number of rotatable bonds is 4. The lowest BCUT2D eigenvalue weighted by molar-refractivity contribution is 0.0987. The molecule has 0 amide bonds. The smallest absolute Gasteiger partial charge is 0.177 e. The molecule has 0 aliphatic carbocycles. The maximum Gasteiger partial charge on any atom is 0.177 e. The van der Waals surface area contributed by atoms with Crippen LogP contribution in [0, 0.1) is 0 Å². The van der Waals surface area contributed by atoms with Gasteiger partial charge in [0.25, 0.3) is 0 Å². The molecule has 13 heavy (non-hydrogen) atoms. The third-order valence-electron chi connectivity index (χ3n) is 1.73. The van der Waals surface area contributed by atoms with E-state index in [2.05, 4.69) is 5.32 Å². The summed E-state index contributed by atoms with van der Waals surface area (Å²) in [6.07, 6.45) is 0.697. The minimum Gasteiger partial charge on any atom is -0.313 e. The van der Waals surface area contributed by atoms with Crippen LogP contribution in [0.4, 0.5) is 0 Å². The zero-order valence-corrected chi connectivity index (χ0v) is 7.41. The van der Waals surface area contributed by atoms with Gasteiger partial charge in [0.05, 0.1) is 6.54 Å². The highest BCUT2D eigenvalue weighted by Gasteiger charge is 2.08. The minimum atomic E-state index is -0.0646. The molecule has 0 heterocycles. The lowest BCUT2D eigenvalue weighted by Gasteiger charge is -2.01. The van der Waals surface area contributed by atoms with Crippen LogP contribution in [0.25, 0.3) is 0 Å². The molecule has 3 nitrogen and oxygen atoms in total. The Morgan fingerprint density at radius 3 is 2.77 bits per heavy atom. The number of aldehydes is 1. The highest BCUT2D eigenvalue weighted by atomic mass is 16.1. The maximum atomic E-state index is 11.4. The van der Waals surface area contributed by atoms with Gasteiger partial charge in [0, 0.05) is 11.1 Å². The number of Topliss-reactive ketones (excluding diaryl/α,β-unsaturated/α-hetero) is 1. The van der Waals surface area contributed by atoms with Crippen molar-refractivity contribution >= 4 is 12.1 Å². The Hall–Kier alpha value is -1.48. The van der Waals surface area contributed by atoms with Crippen molar-refractivity contribution in [3.05, 3.63) is 35.4 Å². The number of likely N-dealkylation sites (N-methyl/N-ethyl adjacent to an activating group) is 1. The number of hydrogen-bond donors (Lipinski definition) is 1. The van der Waals surface area contributed by atoms with Crippen molar-refractivity contribution in [2.45, 2.75) is 0 Å². The van der Waals surface area contributed by atoms with Crippen molar-refractivity contribution in [3.63, 3.8) is 0 Å². The molecule has 0 bridgehead atoms. The van der Waals surface area contributed by atoms with Crippen molar-refractivity contribution in [1.29, 1.82) is 0 Å². The summed E-state index contributed by atoms with van der Waals surface area (Å²) in [5, 5.41) is 2.75. The van der Waals surface area contributed by atoms with Crippen LogP contribution in [0.5, 0.6) is 0 Å². The SMILES string of the molecule is CNCC(=O)c1ccccc1C=O. The monoisotopic (exact) mass is 177 g/mol. The summed E-state index contributed by atoms with van der Waals surface area (Å²) in [6, 6.07) is 6.77. The molecule has 0 aliphatic heterocycles. The molecule has 1 aromatic rings. The number of hydrogen-bond acceptors (Lipinski definition) is 3. The molecule has 0 radical (unpaired) electrons. The van der Waals surface area contributed by atoms with Gasteiger partial charge in [-0.05, 0) is 7.05 Å². The first kappa shape index (κ1) is 9.61. The fraction of sp³-hybridized carbons (Fsp3) is 0.200. The Labute approximate surface area is 76.8 Å². The van der Waals surface area contributed by atoms with Crippen molar-refractivity contribution < 1.29 is 9.59 Å². The Morgan fingerprint density at radius 2 is 2.15 bits per heavy atom. The van der Waals surface area contributed by atoms with Crippen LogP contribution in [0.3, 0.4) is 0 Å². The number of benzene rings is 1. The second kappa shape index (κ2) is 4.52. The molecule has 0 saturated heterocycles. The van der Waals surface area contributed by atoms with Gasteiger partial charge < -0.3 is 5.32 Å². The summed E-state index contributed by atoms with van der Waals surface area (Å²) in [5.74, 6) is -0.0646. The summed E-state index contributed by atoms with van der Waals surface area (Å²) < 4.78 is 0. The average Bonchev–Trinajstić information content (AvgIpc) is 2.18. The van der Waals surface area contributed by atoms with Crippen LogP contribution in [0.1, 0.15) is 20.7 Å². The van der Waals surface area contributed by atoms with Gasteiger partial charge in [0.15, 0.2) is 12.1 Å². The van der Waals surface area contributed by atoms with Crippen molar-refractivity contribution in [2.24, 2.45) is 0 Å². The fourth-order valence-corrected chi connectivity index (χ4v) is 1.11. The normalized spacial score (nSPS) is 9.62. The Kier molecular flexibility index (Phi) is 3.34. The van der Waals surface area contributed by atoms with E-state index in [4.69, 9.17) is 0 Å². The van der Waals surface area contributed by atoms with Crippen LogP contribution in [-0.2, 0) is 0 Å². The molecule has 0 fully saturated rings. The van der Waals surface area contributed by atoms with E-state index >= 15 is 0 Å². The third kappa shape index (κ3) is 2.23. The van der Waals surface area contributed by atoms with E-state index < -0.39 is 0 Å². The largest absolute Gasteiger partial charge is 0.313 e. The predicted molar refractivity (Wildman–Crippen MR) is 50.1 cm³/mol. The van der Waals surface area contributed by atoms with Crippen LogP contribution in [0.15, 0.2) is 24.3 Å². The zero-order valence-electron chi connectivity index (χ0n) is 7.41. The van der Waals surface area contributed by atoms with Crippen LogP contribution >= 0.6 is 0 Å². The predicted octanol–water partition coefficient (Wildman–Crippen LogP) is 0.901. The van der Waals surface area contributed by atoms with Crippen LogP contribution in [0.2, 0.25) is 0 Å². The van der Waals surface area contributed by atoms with Gasteiger partial charge in [-0.25, -0.2) is 0 Å². The first-order valence-corrected chi connectivity index (χ1v) is 4.01. The van der Waals surface area contributed by atoms with E-state index in [0.717, 1.165) is 0 Å². The van der Waals surface area contributed by atoms with Crippen LogP contribution in [-0.4, -0.2) is 25.7 Å². The second-order valence-corrected chi connectivity index (χ2v) is 2.66. The van der Waals surface area contributed by atoms with Gasteiger partial charge in [0.1, 0.15) is 0 Å². The van der Waals surface area contributed by atoms with E-state index in [0.29, 0.717) is 17.4 Å². The number of ketones is 1. The summed E-state index contributed by atoms with van der Waals surface area (Å²) in [6.45, 7) is 0.255. The van der Waals surface area contributed by atoms with Gasteiger partial charge in [-0.1, -0.05) is 24.3 Å². The van der Waals surface area contributed by atoms with E-state index in [-0.39, 0.29) is 12.3 Å². The summed E-state index contributed by atoms with van der Waals surface area (Å²) in [7, 11) is 1.70. The first-order chi connectivity index (χ1) is 6.29. The number of carbonyl (C=O) groups is 2. The zero-order chi connectivity index (χ0) is 9.68. The number of nitrogens with one attached hydrogen (secondary N) is 1. The quantitative estimate of drug-likeness (QED) is 0.549. The van der Waals surface area contributed by atoms with Gasteiger partial charge in [-0.3, -0.25) is 9.59 Å². The van der Waals surface area contributed by atoms with E-state index in [1.54, 1.807) is 31.3 Å². The Balaban J connectivity index is 2.98. The van der Waals surface area contributed by atoms with Crippen LogP contribution < -0.4 is 5.32 Å². The van der Waals surface area contributed by atoms with Crippen molar-refractivity contribution in [1.82, 2.24) is 5.32 Å².